The van der Waals surface area contributed by atoms with Crippen molar-refractivity contribution in [3.63, 3.8) is 0 Å². The van der Waals surface area contributed by atoms with Crippen LogP contribution in [-0.4, -0.2) is 48.9 Å². The smallest absolute Gasteiger partial charge is 0.301 e. The molecule has 2 atom stereocenters. The van der Waals surface area contributed by atoms with Gasteiger partial charge >= 0.3 is 5.91 Å². The average Bonchev–Trinajstić information content (AvgIpc) is 2.92. The van der Waals surface area contributed by atoms with Gasteiger partial charge in [-0.2, -0.15) is 5.41 Å². The summed E-state index contributed by atoms with van der Waals surface area (Å²) in [5, 5.41) is 18.3. The Morgan fingerprint density at radius 1 is 1.00 bits per heavy atom. The molecule has 0 fully saturated rings. The predicted molar refractivity (Wildman–Crippen MR) is 75.7 cm³/mol. The van der Waals surface area contributed by atoms with E-state index in [-0.39, 0.29) is 17.9 Å². The van der Waals surface area contributed by atoms with Gasteiger partial charge < -0.3 is 18.9 Å². The monoisotopic (exact) mass is 299 g/mol. The summed E-state index contributed by atoms with van der Waals surface area (Å²) in [5.41, 5.74) is -0.0959. The van der Waals surface area contributed by atoms with E-state index in [1.54, 1.807) is 18.8 Å². The Kier molecular flexibility index (Phi) is 5.97. The maximum Gasteiger partial charge on any atom is 0.301 e. The molecule has 8 heteroatoms. The van der Waals surface area contributed by atoms with Gasteiger partial charge in [-0.1, -0.05) is 0 Å². The Morgan fingerprint density at radius 2 is 1.38 bits per heavy atom. The first-order valence-electron chi connectivity index (χ1n) is 6.54. The quantitative estimate of drug-likeness (QED) is 0.522. The molecule has 0 amide bonds. The van der Waals surface area contributed by atoms with Crippen LogP contribution in [0.25, 0.3) is 0 Å². The van der Waals surface area contributed by atoms with Gasteiger partial charge in [-0.15, -0.1) is 10.2 Å². The van der Waals surface area contributed by atoms with Crippen LogP contribution in [0.2, 0.25) is 0 Å². The van der Waals surface area contributed by atoms with Crippen molar-refractivity contribution >= 4 is 5.71 Å². The van der Waals surface area contributed by atoms with Crippen LogP contribution in [0.15, 0.2) is 0 Å². The van der Waals surface area contributed by atoms with Crippen molar-refractivity contribution in [2.75, 3.05) is 28.4 Å². The second-order valence-corrected chi connectivity index (χ2v) is 4.58. The van der Waals surface area contributed by atoms with Crippen LogP contribution in [0.1, 0.15) is 44.6 Å². The molecular weight excluding hydrogens is 276 g/mol. The zero-order chi connectivity index (χ0) is 16.2. The molecule has 8 nitrogen and oxygen atoms in total. The molecule has 1 aromatic heterocycles. The normalized spacial score (nSPS) is 15.0. The summed E-state index contributed by atoms with van der Waals surface area (Å²) in [5.74, 6) is -0.643. The highest BCUT2D eigenvalue weighted by molar-refractivity contribution is 5.85. The zero-order valence-electron chi connectivity index (χ0n) is 13.6. The lowest BCUT2D eigenvalue weighted by atomic mass is 10.2. The van der Waals surface area contributed by atoms with E-state index in [4.69, 9.17) is 18.9 Å². The minimum atomic E-state index is -1.55. The van der Waals surface area contributed by atoms with Gasteiger partial charge in [-0.25, -0.2) is 0 Å². The standard InChI is InChI=1S/C13H23N4O4/c1-8(18-4)11-15-16-12(9(2)19-5)17(11)13(20-6,21-7)10(3)14/h8-9H,1-7H3. The van der Waals surface area contributed by atoms with Crippen LogP contribution >= 0.6 is 0 Å². The number of hydrogen-bond acceptors (Lipinski definition) is 6. The zero-order valence-corrected chi connectivity index (χ0v) is 13.6. The maximum atomic E-state index is 10.1. The largest absolute Gasteiger partial charge is 0.374 e. The minimum absolute atomic E-state index is 0.0959. The van der Waals surface area contributed by atoms with E-state index in [9.17, 15) is 5.41 Å². The van der Waals surface area contributed by atoms with Crippen LogP contribution in [0.5, 0.6) is 0 Å². The topological polar surface area (TPSA) is 89.9 Å². The van der Waals surface area contributed by atoms with Crippen molar-refractivity contribution in [2.24, 2.45) is 0 Å². The average molecular weight is 299 g/mol. The van der Waals surface area contributed by atoms with Gasteiger partial charge in [-0.3, -0.25) is 4.57 Å². The van der Waals surface area contributed by atoms with Gasteiger partial charge in [0.1, 0.15) is 17.9 Å². The fourth-order valence-corrected chi connectivity index (χ4v) is 2.07. The molecule has 0 saturated carbocycles. The molecule has 1 rings (SSSR count). The van der Waals surface area contributed by atoms with Gasteiger partial charge in [0.25, 0.3) is 0 Å². The number of ether oxygens (including phenoxy) is 4. The molecule has 0 spiro atoms. The number of hydrogen-bond donors (Lipinski definition) is 0. The lowest BCUT2D eigenvalue weighted by molar-refractivity contribution is -0.218. The van der Waals surface area contributed by atoms with Crippen molar-refractivity contribution in [3.05, 3.63) is 11.6 Å². The highest BCUT2D eigenvalue weighted by Crippen LogP contribution is 2.30. The molecule has 119 valence electrons. The SMILES string of the molecule is COC(C)c1nnc(C(C)OC)n1C(OC)(OC)C(C)=[N]. The van der Waals surface area contributed by atoms with Crippen molar-refractivity contribution in [2.45, 2.75) is 38.9 Å². The van der Waals surface area contributed by atoms with Gasteiger partial charge in [0.15, 0.2) is 11.6 Å². The van der Waals surface area contributed by atoms with Gasteiger partial charge in [0.2, 0.25) is 0 Å². The minimum Gasteiger partial charge on any atom is -0.374 e. The lowest BCUT2D eigenvalue weighted by Crippen LogP contribution is -2.47. The predicted octanol–water partition coefficient (Wildman–Crippen LogP) is 0.857. The van der Waals surface area contributed by atoms with E-state index in [1.165, 1.54) is 21.1 Å². The van der Waals surface area contributed by atoms with Crippen LogP contribution in [0, 0.1) is 0 Å². The van der Waals surface area contributed by atoms with Crippen LogP contribution in [-0.2, 0) is 24.9 Å². The second kappa shape index (κ2) is 7.08. The van der Waals surface area contributed by atoms with Gasteiger partial charge in [0.05, 0.1) is 0 Å². The van der Waals surface area contributed by atoms with E-state index in [2.05, 4.69) is 10.2 Å². The Hall–Kier alpha value is -1.35. The molecule has 0 bridgehead atoms. The molecule has 21 heavy (non-hydrogen) atoms. The van der Waals surface area contributed by atoms with E-state index in [1.807, 2.05) is 13.8 Å². The third kappa shape index (κ3) is 2.98. The molecule has 0 aliphatic rings. The molecule has 0 N–H and O–H groups in total. The summed E-state index contributed by atoms with van der Waals surface area (Å²) >= 11 is 0. The maximum absolute atomic E-state index is 10.1. The summed E-state index contributed by atoms with van der Waals surface area (Å²) in [7, 11) is 5.96. The number of aromatic nitrogens is 3. The van der Waals surface area contributed by atoms with Crippen molar-refractivity contribution in [1.82, 2.24) is 20.2 Å². The molecular formula is C13H23N4O4. The summed E-state index contributed by atoms with van der Waals surface area (Å²) in [4.78, 5) is 0. The van der Waals surface area contributed by atoms with E-state index in [0.29, 0.717) is 11.6 Å². The molecule has 0 aromatic carbocycles. The number of methoxy groups -OCH3 is 4. The molecule has 1 aromatic rings. The fourth-order valence-electron chi connectivity index (χ4n) is 2.07. The lowest BCUT2D eigenvalue weighted by Gasteiger charge is -2.33. The summed E-state index contributed by atoms with van der Waals surface area (Å²) < 4.78 is 23.0. The molecule has 0 saturated heterocycles. The van der Waals surface area contributed by atoms with Gasteiger partial charge in [-0.05, 0) is 20.8 Å². The van der Waals surface area contributed by atoms with Crippen molar-refractivity contribution < 1.29 is 18.9 Å². The Balaban J connectivity index is 3.61. The van der Waals surface area contributed by atoms with Crippen molar-refractivity contribution in [1.29, 1.82) is 0 Å². The molecule has 0 aliphatic heterocycles. The first kappa shape index (κ1) is 17.7. The van der Waals surface area contributed by atoms with E-state index < -0.39 is 5.91 Å². The number of rotatable bonds is 8. The van der Waals surface area contributed by atoms with Crippen LogP contribution < -0.4 is 5.41 Å². The van der Waals surface area contributed by atoms with Crippen molar-refractivity contribution in [3.8, 4) is 0 Å². The highest BCUT2D eigenvalue weighted by atomic mass is 16.7. The first-order chi connectivity index (χ1) is 9.89. The Labute approximate surface area is 124 Å². The second-order valence-electron chi connectivity index (χ2n) is 4.58. The Bertz CT molecular complexity index is 457. The third-order valence-electron chi connectivity index (χ3n) is 3.45. The summed E-state index contributed by atoms with van der Waals surface area (Å²) in [6.07, 6.45) is -0.751. The molecule has 2 unspecified atom stereocenters. The molecule has 1 radical (unpaired) electrons. The van der Waals surface area contributed by atoms with Crippen LogP contribution in [0.4, 0.5) is 0 Å². The van der Waals surface area contributed by atoms with Crippen LogP contribution in [0.3, 0.4) is 0 Å². The van der Waals surface area contributed by atoms with E-state index >= 15 is 0 Å². The Morgan fingerprint density at radius 3 is 1.62 bits per heavy atom. The molecule has 1 heterocycles. The van der Waals surface area contributed by atoms with Gasteiger partial charge in [0, 0.05) is 28.4 Å². The highest BCUT2D eigenvalue weighted by Gasteiger charge is 2.42. The van der Waals surface area contributed by atoms with E-state index in [0.717, 1.165) is 0 Å². The summed E-state index contributed by atoms with van der Waals surface area (Å²) in [6.45, 7) is 5.10. The summed E-state index contributed by atoms with van der Waals surface area (Å²) in [6, 6.07) is 0. The first-order valence-corrected chi connectivity index (χ1v) is 6.54. The molecule has 0 aliphatic carbocycles. The number of nitrogens with zero attached hydrogens (tertiary/aromatic N) is 4. The fraction of sp³-hybridized carbons (Fsp3) is 0.769. The third-order valence-corrected chi connectivity index (χ3v) is 3.45.